The third kappa shape index (κ3) is 4.48. The van der Waals surface area contributed by atoms with Crippen LogP contribution < -0.4 is 15.0 Å². The molecule has 0 saturated carbocycles. The van der Waals surface area contributed by atoms with Crippen molar-refractivity contribution in [1.82, 2.24) is 20.2 Å². The lowest BCUT2D eigenvalue weighted by Gasteiger charge is -2.35. The number of nitrogens with zero attached hydrogens (tertiary/aromatic N) is 4. The van der Waals surface area contributed by atoms with Gasteiger partial charge in [-0.1, -0.05) is 25.1 Å². The van der Waals surface area contributed by atoms with Crippen molar-refractivity contribution in [3.8, 4) is 6.01 Å². The molecule has 4 atom stereocenters. The highest BCUT2D eigenvalue weighted by Gasteiger charge is 2.49. The largest absolute Gasteiger partial charge is 0.461 e. The summed E-state index contributed by atoms with van der Waals surface area (Å²) >= 11 is 0. The van der Waals surface area contributed by atoms with Gasteiger partial charge in [-0.05, 0) is 86.6 Å². The summed E-state index contributed by atoms with van der Waals surface area (Å²) in [6, 6.07) is 11.3. The second-order valence-corrected chi connectivity index (χ2v) is 13.4. The molecule has 0 radical (unpaired) electrons. The number of nitrogens with one attached hydrogen (secondary N) is 1. The van der Waals surface area contributed by atoms with Gasteiger partial charge in [0.25, 0.3) is 0 Å². The highest BCUT2D eigenvalue weighted by atomic mass is 19.1. The zero-order valence-electron chi connectivity index (χ0n) is 24.5. The average Bonchev–Trinajstić information content (AvgIpc) is 3.65. The maximum absolute atomic E-state index is 14.9. The van der Waals surface area contributed by atoms with Crippen LogP contribution >= 0.6 is 0 Å². The van der Waals surface area contributed by atoms with Crippen LogP contribution in [-0.4, -0.2) is 64.9 Å². The van der Waals surface area contributed by atoms with Crippen LogP contribution in [0.25, 0.3) is 10.8 Å². The number of aryl methyl sites for hydroxylation is 1. The number of ether oxygens (including phenoxy) is 1. The van der Waals surface area contributed by atoms with Crippen molar-refractivity contribution in [3.05, 3.63) is 58.7 Å². The zero-order valence-corrected chi connectivity index (χ0v) is 24.5. The summed E-state index contributed by atoms with van der Waals surface area (Å²) in [5.74, 6) is 0.258. The van der Waals surface area contributed by atoms with E-state index >= 15 is 0 Å². The maximum atomic E-state index is 14.9. The van der Waals surface area contributed by atoms with Crippen LogP contribution in [0.3, 0.4) is 0 Å². The summed E-state index contributed by atoms with van der Waals surface area (Å²) in [6.07, 6.45) is 8.00. The number of hydrogen-bond acceptors (Lipinski definition) is 6. The first-order valence-electron chi connectivity index (χ1n) is 16.1. The Morgan fingerprint density at radius 2 is 1.95 bits per heavy atom. The van der Waals surface area contributed by atoms with Crippen molar-refractivity contribution in [2.45, 2.75) is 101 Å². The lowest BCUT2D eigenvalue weighted by molar-refractivity contribution is 0.106. The van der Waals surface area contributed by atoms with E-state index in [0.29, 0.717) is 56.6 Å². The van der Waals surface area contributed by atoms with Gasteiger partial charge in [0.2, 0.25) is 0 Å². The van der Waals surface area contributed by atoms with Crippen molar-refractivity contribution in [2.24, 2.45) is 0 Å². The van der Waals surface area contributed by atoms with E-state index in [1.54, 1.807) is 6.07 Å². The van der Waals surface area contributed by atoms with E-state index in [2.05, 4.69) is 33.3 Å². The molecule has 4 fully saturated rings. The number of aromatic nitrogens is 2. The second-order valence-electron chi connectivity index (χ2n) is 13.4. The van der Waals surface area contributed by atoms with Crippen molar-refractivity contribution in [3.63, 3.8) is 0 Å². The summed E-state index contributed by atoms with van der Waals surface area (Å²) < 4.78 is 35.8. The number of rotatable bonds is 6. The standard InChI is InChI=1S/C34H41F2N5O/c1-2-26-28(36)10-7-21-5-3-6-30(31(21)26)40-14-11-27-29(19-40)38-33(39-32(27)22-15-24-8-9-25(16-22)37-24)42-20-34-12-4-13-41(34)18-23(35)17-34/h3,5-7,10,22-25,37H,2,4,8-9,11-20H2,1H3/t22?,23-,24?,25?,34+/m1/s1. The normalized spacial score (nSPS) is 30.6. The number of piperidine rings is 1. The Kier molecular flexibility index (Phi) is 6.63. The zero-order chi connectivity index (χ0) is 28.4. The Bertz CT molecular complexity index is 1500. The molecule has 0 aliphatic carbocycles. The predicted octanol–water partition coefficient (Wildman–Crippen LogP) is 5.85. The number of alkyl halides is 1. The molecule has 0 spiro atoms. The number of benzene rings is 2. The van der Waals surface area contributed by atoms with Crippen LogP contribution in [0.4, 0.5) is 14.5 Å². The number of fused-ring (bicyclic) bond motifs is 5. The minimum Gasteiger partial charge on any atom is -0.461 e. The molecule has 4 saturated heterocycles. The Hall–Kier alpha value is -2.84. The van der Waals surface area contributed by atoms with E-state index in [0.717, 1.165) is 72.9 Å². The van der Waals surface area contributed by atoms with E-state index < -0.39 is 6.17 Å². The summed E-state index contributed by atoms with van der Waals surface area (Å²) in [7, 11) is 0. The van der Waals surface area contributed by atoms with E-state index in [1.807, 2.05) is 13.0 Å². The van der Waals surface area contributed by atoms with E-state index in [1.165, 1.54) is 24.1 Å². The monoisotopic (exact) mass is 573 g/mol. The van der Waals surface area contributed by atoms with Crippen LogP contribution in [0.1, 0.15) is 80.3 Å². The summed E-state index contributed by atoms with van der Waals surface area (Å²) in [5, 5.41) is 5.85. The van der Waals surface area contributed by atoms with Crippen molar-refractivity contribution >= 4 is 16.5 Å². The first kappa shape index (κ1) is 26.8. The number of anilines is 1. The summed E-state index contributed by atoms with van der Waals surface area (Å²) in [6.45, 7) is 5.40. The van der Waals surface area contributed by atoms with Crippen molar-refractivity contribution in [2.75, 3.05) is 31.1 Å². The van der Waals surface area contributed by atoms with Gasteiger partial charge >= 0.3 is 6.01 Å². The van der Waals surface area contributed by atoms with E-state index in [9.17, 15) is 8.78 Å². The highest BCUT2D eigenvalue weighted by Crippen LogP contribution is 2.43. The molecule has 6 nitrogen and oxygen atoms in total. The average molecular weight is 574 g/mol. The van der Waals surface area contributed by atoms with Gasteiger partial charge in [0, 0.05) is 48.6 Å². The van der Waals surface area contributed by atoms with Crippen LogP contribution in [-0.2, 0) is 19.4 Å². The smallest absolute Gasteiger partial charge is 0.316 e. The molecule has 5 aliphatic heterocycles. The third-order valence-electron chi connectivity index (χ3n) is 10.9. The van der Waals surface area contributed by atoms with Gasteiger partial charge in [-0.15, -0.1) is 0 Å². The molecule has 2 bridgehead atoms. The van der Waals surface area contributed by atoms with Crippen LogP contribution in [0.2, 0.25) is 0 Å². The predicted molar refractivity (Wildman–Crippen MR) is 161 cm³/mol. The second kappa shape index (κ2) is 10.4. The lowest BCUT2D eigenvalue weighted by atomic mass is 9.85. The van der Waals surface area contributed by atoms with Gasteiger partial charge in [0.05, 0.1) is 23.5 Å². The Morgan fingerprint density at radius 3 is 2.79 bits per heavy atom. The van der Waals surface area contributed by atoms with Gasteiger partial charge in [-0.2, -0.15) is 9.97 Å². The fraction of sp³-hybridized carbons (Fsp3) is 0.588. The molecule has 8 rings (SSSR count). The minimum absolute atomic E-state index is 0.140. The van der Waals surface area contributed by atoms with Gasteiger partial charge in [-0.25, -0.2) is 8.78 Å². The molecule has 5 aliphatic rings. The van der Waals surface area contributed by atoms with Crippen molar-refractivity contribution in [1.29, 1.82) is 0 Å². The first-order valence-corrected chi connectivity index (χ1v) is 16.1. The Morgan fingerprint density at radius 1 is 1.10 bits per heavy atom. The van der Waals surface area contributed by atoms with Crippen LogP contribution in [0.5, 0.6) is 6.01 Å². The van der Waals surface area contributed by atoms with Crippen LogP contribution in [0, 0.1) is 5.82 Å². The van der Waals surface area contributed by atoms with Crippen LogP contribution in [0.15, 0.2) is 30.3 Å². The van der Waals surface area contributed by atoms with Gasteiger partial charge in [0.1, 0.15) is 18.6 Å². The molecule has 222 valence electrons. The SMILES string of the molecule is CCc1c(F)ccc2cccc(N3CCc4c(nc(OC[C@@]56CCCN5C[C@H](F)C6)nc4C4CC5CCC(C4)N5)C3)c12. The third-order valence-corrected chi connectivity index (χ3v) is 10.9. The quantitative estimate of drug-likeness (QED) is 0.400. The molecule has 2 aromatic carbocycles. The Balaban J connectivity index is 1.15. The molecule has 8 heteroatoms. The summed E-state index contributed by atoms with van der Waals surface area (Å²) in [5.41, 5.74) is 5.07. The Labute approximate surface area is 246 Å². The molecule has 2 unspecified atom stereocenters. The summed E-state index contributed by atoms with van der Waals surface area (Å²) in [4.78, 5) is 14.8. The molecular formula is C34H41F2N5O. The highest BCUT2D eigenvalue weighted by molar-refractivity contribution is 5.97. The molecular weight excluding hydrogens is 532 g/mol. The number of halogens is 2. The molecule has 1 N–H and O–H groups in total. The topological polar surface area (TPSA) is 53.5 Å². The van der Waals surface area contributed by atoms with Gasteiger partial charge < -0.3 is 15.0 Å². The minimum atomic E-state index is -0.786. The molecule has 6 heterocycles. The van der Waals surface area contributed by atoms with Crippen molar-refractivity contribution < 1.29 is 13.5 Å². The first-order chi connectivity index (χ1) is 20.5. The van der Waals surface area contributed by atoms with E-state index in [-0.39, 0.29) is 11.4 Å². The fourth-order valence-electron chi connectivity index (χ4n) is 8.99. The molecule has 3 aromatic rings. The fourth-order valence-corrected chi connectivity index (χ4v) is 8.99. The van der Waals surface area contributed by atoms with Gasteiger partial charge in [0.15, 0.2) is 0 Å². The molecule has 42 heavy (non-hydrogen) atoms. The molecule has 1 aromatic heterocycles. The lowest BCUT2D eigenvalue weighted by Crippen LogP contribution is -2.43. The van der Waals surface area contributed by atoms with E-state index in [4.69, 9.17) is 14.7 Å². The van der Waals surface area contributed by atoms with Gasteiger partial charge in [-0.3, -0.25) is 4.90 Å². The number of hydrogen-bond donors (Lipinski definition) is 1. The molecule has 0 amide bonds. The maximum Gasteiger partial charge on any atom is 0.316 e.